The topological polar surface area (TPSA) is 0 Å². The Balaban J connectivity index is 2.82. The minimum Gasteiger partial charge on any atom is -0.0879 e. The molecular formula is C12H15. The molecule has 0 N–H and O–H groups in total. The average Bonchev–Trinajstić information content (AvgIpc) is 2.07. The molecule has 0 unspecified atom stereocenters. The third kappa shape index (κ3) is 2.23. The van der Waals surface area contributed by atoms with E-state index < -0.39 is 0 Å². The first-order valence-electron chi connectivity index (χ1n) is 4.24. The highest BCUT2D eigenvalue weighted by Gasteiger charge is 1.93. The second kappa shape index (κ2) is 4.10. The van der Waals surface area contributed by atoms with Gasteiger partial charge in [-0.05, 0) is 43.9 Å². The van der Waals surface area contributed by atoms with E-state index in [-0.39, 0.29) is 0 Å². The molecule has 0 nitrogen and oxygen atoms in total. The van der Waals surface area contributed by atoms with E-state index in [4.69, 9.17) is 0 Å². The van der Waals surface area contributed by atoms with Gasteiger partial charge >= 0.3 is 0 Å². The second-order valence-electron chi connectivity index (χ2n) is 3.09. The zero-order chi connectivity index (χ0) is 8.97. The number of hydrogen-bond acceptors (Lipinski definition) is 0. The lowest BCUT2D eigenvalue weighted by molar-refractivity contribution is 1.22. The van der Waals surface area contributed by atoms with Crippen molar-refractivity contribution in [3.8, 4) is 0 Å². The van der Waals surface area contributed by atoms with Gasteiger partial charge in [-0.2, -0.15) is 0 Å². The molecule has 1 aromatic carbocycles. The number of hydrogen-bond donors (Lipinski definition) is 0. The first-order chi connectivity index (χ1) is 5.74. The van der Waals surface area contributed by atoms with Gasteiger partial charge in [0, 0.05) is 0 Å². The molecule has 0 atom stereocenters. The molecule has 0 spiro atoms. The largest absolute Gasteiger partial charge is 0.0879 e. The lowest BCUT2D eigenvalue weighted by Gasteiger charge is -2.01. The van der Waals surface area contributed by atoms with Crippen LogP contribution in [0.15, 0.2) is 30.4 Å². The Morgan fingerprint density at radius 2 is 2.00 bits per heavy atom. The van der Waals surface area contributed by atoms with Crippen molar-refractivity contribution < 1.29 is 0 Å². The maximum atomic E-state index is 3.66. The highest BCUT2D eigenvalue weighted by molar-refractivity contribution is 5.30. The second-order valence-corrected chi connectivity index (χ2v) is 3.09. The van der Waals surface area contributed by atoms with Crippen molar-refractivity contribution in [2.45, 2.75) is 20.3 Å². The van der Waals surface area contributed by atoms with Gasteiger partial charge in [-0.1, -0.05) is 30.4 Å². The SMILES string of the molecule is [CH2]C=CCc1ccc(C)c(C)c1. The normalized spacial score (nSPS) is 10.9. The Bertz CT molecular complexity index is 282. The minimum atomic E-state index is 0.991. The molecule has 0 saturated heterocycles. The predicted octanol–water partition coefficient (Wildman–Crippen LogP) is 3.24. The molecule has 63 valence electrons. The van der Waals surface area contributed by atoms with Gasteiger partial charge < -0.3 is 0 Å². The summed E-state index contributed by atoms with van der Waals surface area (Å²) < 4.78 is 0. The Morgan fingerprint density at radius 1 is 1.25 bits per heavy atom. The van der Waals surface area contributed by atoms with E-state index in [1.807, 2.05) is 6.08 Å². The molecule has 0 aliphatic rings. The van der Waals surface area contributed by atoms with E-state index >= 15 is 0 Å². The van der Waals surface area contributed by atoms with Gasteiger partial charge in [0.05, 0.1) is 0 Å². The molecule has 0 heterocycles. The maximum Gasteiger partial charge on any atom is -0.00974 e. The fourth-order valence-corrected chi connectivity index (χ4v) is 1.15. The number of allylic oxidation sites excluding steroid dienone is 2. The van der Waals surface area contributed by atoms with Gasteiger partial charge in [0.15, 0.2) is 0 Å². The molecule has 0 saturated carbocycles. The van der Waals surface area contributed by atoms with E-state index in [0.29, 0.717) is 0 Å². The molecule has 1 aromatic rings. The monoisotopic (exact) mass is 159 g/mol. The lowest BCUT2D eigenvalue weighted by Crippen LogP contribution is -1.85. The average molecular weight is 159 g/mol. The summed E-state index contributed by atoms with van der Waals surface area (Å²) in [6, 6.07) is 6.57. The Morgan fingerprint density at radius 3 is 2.58 bits per heavy atom. The number of aryl methyl sites for hydroxylation is 2. The van der Waals surface area contributed by atoms with E-state index in [9.17, 15) is 0 Å². The van der Waals surface area contributed by atoms with Crippen molar-refractivity contribution >= 4 is 0 Å². The van der Waals surface area contributed by atoms with Crippen molar-refractivity contribution in [3.63, 3.8) is 0 Å². The van der Waals surface area contributed by atoms with Gasteiger partial charge in [0.25, 0.3) is 0 Å². The summed E-state index contributed by atoms with van der Waals surface area (Å²) in [4.78, 5) is 0. The highest BCUT2D eigenvalue weighted by atomic mass is 14.0. The lowest BCUT2D eigenvalue weighted by atomic mass is 10.0. The van der Waals surface area contributed by atoms with E-state index in [1.165, 1.54) is 16.7 Å². The fourth-order valence-electron chi connectivity index (χ4n) is 1.15. The third-order valence-electron chi connectivity index (χ3n) is 2.09. The van der Waals surface area contributed by atoms with Crippen LogP contribution in [0.4, 0.5) is 0 Å². The molecular weight excluding hydrogens is 144 g/mol. The summed E-state index contributed by atoms with van der Waals surface area (Å²) >= 11 is 0. The zero-order valence-corrected chi connectivity index (χ0v) is 7.80. The first-order valence-corrected chi connectivity index (χ1v) is 4.24. The molecule has 12 heavy (non-hydrogen) atoms. The number of benzene rings is 1. The maximum absolute atomic E-state index is 3.66. The van der Waals surface area contributed by atoms with Crippen molar-refractivity contribution in [2.24, 2.45) is 0 Å². The van der Waals surface area contributed by atoms with Gasteiger partial charge in [0.2, 0.25) is 0 Å². The third-order valence-corrected chi connectivity index (χ3v) is 2.09. The van der Waals surface area contributed by atoms with E-state index in [0.717, 1.165) is 6.42 Å². The van der Waals surface area contributed by atoms with Crippen LogP contribution >= 0.6 is 0 Å². The Hall–Kier alpha value is -1.04. The molecule has 0 aliphatic carbocycles. The summed E-state index contributed by atoms with van der Waals surface area (Å²) in [5.41, 5.74) is 4.08. The molecule has 1 rings (SSSR count). The van der Waals surface area contributed by atoms with Crippen LogP contribution in [-0.4, -0.2) is 0 Å². The van der Waals surface area contributed by atoms with Gasteiger partial charge in [-0.3, -0.25) is 0 Å². The predicted molar refractivity (Wildman–Crippen MR) is 54.1 cm³/mol. The highest BCUT2D eigenvalue weighted by Crippen LogP contribution is 2.10. The summed E-state index contributed by atoms with van der Waals surface area (Å²) in [6.07, 6.45) is 4.91. The Kier molecular flexibility index (Phi) is 3.09. The van der Waals surface area contributed by atoms with Crippen molar-refractivity contribution in [1.82, 2.24) is 0 Å². The fraction of sp³-hybridized carbons (Fsp3) is 0.250. The van der Waals surface area contributed by atoms with Gasteiger partial charge in [-0.25, -0.2) is 0 Å². The molecule has 0 heteroatoms. The summed E-state index contributed by atoms with van der Waals surface area (Å²) in [5.74, 6) is 0. The van der Waals surface area contributed by atoms with Crippen molar-refractivity contribution in [1.29, 1.82) is 0 Å². The smallest absolute Gasteiger partial charge is 0.00974 e. The standard InChI is InChI=1S/C12H15/c1-4-5-6-12-8-7-10(2)11(3)9-12/h4-5,7-9H,1,6H2,2-3H3. The number of rotatable bonds is 2. The Labute approximate surface area is 74.9 Å². The minimum absolute atomic E-state index is 0.991. The summed E-state index contributed by atoms with van der Waals surface area (Å²) in [5, 5.41) is 0. The van der Waals surface area contributed by atoms with Crippen LogP contribution in [0.3, 0.4) is 0 Å². The van der Waals surface area contributed by atoms with E-state index in [1.54, 1.807) is 0 Å². The molecule has 0 amide bonds. The van der Waals surface area contributed by atoms with Crippen LogP contribution in [0.2, 0.25) is 0 Å². The van der Waals surface area contributed by atoms with Crippen molar-refractivity contribution in [2.75, 3.05) is 0 Å². The molecule has 0 aromatic heterocycles. The summed E-state index contributed by atoms with van der Waals surface area (Å²) in [6.45, 7) is 7.94. The first kappa shape index (κ1) is 9.05. The zero-order valence-electron chi connectivity index (χ0n) is 7.80. The molecule has 0 aliphatic heterocycles. The van der Waals surface area contributed by atoms with Gasteiger partial charge in [0.1, 0.15) is 0 Å². The molecule has 0 bridgehead atoms. The van der Waals surface area contributed by atoms with E-state index in [2.05, 4.69) is 45.0 Å². The van der Waals surface area contributed by atoms with Crippen LogP contribution in [0.1, 0.15) is 16.7 Å². The van der Waals surface area contributed by atoms with Crippen molar-refractivity contribution in [3.05, 3.63) is 54.0 Å². The molecule has 1 radical (unpaired) electrons. The molecule has 0 fully saturated rings. The van der Waals surface area contributed by atoms with Crippen LogP contribution in [0.25, 0.3) is 0 Å². The van der Waals surface area contributed by atoms with Gasteiger partial charge in [-0.15, -0.1) is 0 Å². The van der Waals surface area contributed by atoms with Crippen LogP contribution < -0.4 is 0 Å². The summed E-state index contributed by atoms with van der Waals surface area (Å²) in [7, 11) is 0. The van der Waals surface area contributed by atoms with Crippen LogP contribution in [-0.2, 0) is 6.42 Å². The van der Waals surface area contributed by atoms with Crippen LogP contribution in [0.5, 0.6) is 0 Å². The van der Waals surface area contributed by atoms with Crippen LogP contribution in [0, 0.1) is 20.8 Å². The quantitative estimate of drug-likeness (QED) is 0.621.